The smallest absolute Gasteiger partial charge is 0.277 e. The van der Waals surface area contributed by atoms with E-state index in [1.807, 2.05) is 13.8 Å². The number of hydrogen-bond donors (Lipinski definition) is 1. The molecule has 0 saturated heterocycles. The summed E-state index contributed by atoms with van der Waals surface area (Å²) in [6.45, 7) is 5.16. The van der Waals surface area contributed by atoms with Crippen LogP contribution in [0.5, 0.6) is 0 Å². The molecule has 0 fully saturated rings. The van der Waals surface area contributed by atoms with Crippen LogP contribution in [0.15, 0.2) is 30.5 Å². The highest BCUT2D eigenvalue weighted by Crippen LogP contribution is 2.14. The van der Waals surface area contributed by atoms with E-state index >= 15 is 0 Å². The van der Waals surface area contributed by atoms with Crippen LogP contribution in [0, 0.1) is 0 Å². The molecule has 6 nitrogen and oxygen atoms in total. The second-order valence-corrected chi connectivity index (χ2v) is 4.86. The van der Waals surface area contributed by atoms with Crippen LogP contribution in [0.25, 0.3) is 0 Å². The van der Waals surface area contributed by atoms with Crippen molar-refractivity contribution in [2.45, 2.75) is 13.8 Å². The van der Waals surface area contributed by atoms with E-state index in [9.17, 15) is 9.59 Å². The average Bonchev–Trinajstić information content (AvgIpc) is 3.03. The van der Waals surface area contributed by atoms with Gasteiger partial charge in [-0.3, -0.25) is 9.59 Å². The standard InChI is InChI=1S/C14H16N4O2S/c1-3-18(4-2)14(20)10-6-5-7-11(8-10)16-13(19)12-9-15-21-17-12/h5-9H,3-4H2,1-2H3,(H,16,19). The summed E-state index contributed by atoms with van der Waals surface area (Å²) in [4.78, 5) is 25.9. The summed E-state index contributed by atoms with van der Waals surface area (Å²) < 4.78 is 7.65. The zero-order valence-electron chi connectivity index (χ0n) is 11.9. The van der Waals surface area contributed by atoms with Gasteiger partial charge in [0.15, 0.2) is 5.69 Å². The van der Waals surface area contributed by atoms with Crippen LogP contribution in [0.3, 0.4) is 0 Å². The van der Waals surface area contributed by atoms with Crippen molar-refractivity contribution in [2.24, 2.45) is 0 Å². The lowest BCUT2D eigenvalue weighted by molar-refractivity contribution is 0.0772. The number of hydrogen-bond acceptors (Lipinski definition) is 5. The molecule has 0 aliphatic rings. The summed E-state index contributed by atoms with van der Waals surface area (Å²) in [5.41, 5.74) is 1.37. The molecule has 1 heterocycles. The molecule has 0 atom stereocenters. The van der Waals surface area contributed by atoms with E-state index in [4.69, 9.17) is 0 Å². The van der Waals surface area contributed by atoms with Crippen LogP contribution in [0.2, 0.25) is 0 Å². The maximum Gasteiger partial charge on any atom is 0.277 e. The summed E-state index contributed by atoms with van der Waals surface area (Å²) in [5, 5.41) is 2.71. The zero-order valence-corrected chi connectivity index (χ0v) is 12.7. The molecule has 2 aromatic rings. The zero-order chi connectivity index (χ0) is 15.2. The number of aromatic nitrogens is 2. The Morgan fingerprint density at radius 3 is 2.67 bits per heavy atom. The first-order chi connectivity index (χ1) is 10.2. The molecule has 110 valence electrons. The first-order valence-electron chi connectivity index (χ1n) is 6.64. The predicted octanol–water partition coefficient (Wildman–Crippen LogP) is 2.27. The number of amides is 2. The fourth-order valence-electron chi connectivity index (χ4n) is 1.88. The van der Waals surface area contributed by atoms with E-state index in [0.717, 1.165) is 11.7 Å². The van der Waals surface area contributed by atoms with E-state index in [1.54, 1.807) is 29.2 Å². The lowest BCUT2D eigenvalue weighted by Gasteiger charge is -2.18. The summed E-state index contributed by atoms with van der Waals surface area (Å²) >= 11 is 0.975. The molecule has 0 aliphatic carbocycles. The second kappa shape index (κ2) is 6.94. The topological polar surface area (TPSA) is 75.2 Å². The minimum Gasteiger partial charge on any atom is -0.339 e. The molecular weight excluding hydrogens is 288 g/mol. The number of rotatable bonds is 5. The SMILES string of the molecule is CCN(CC)C(=O)c1cccc(NC(=O)c2cnsn2)c1. The van der Waals surface area contributed by atoms with Crippen molar-refractivity contribution in [3.63, 3.8) is 0 Å². The van der Waals surface area contributed by atoms with Gasteiger partial charge in [-0.2, -0.15) is 8.75 Å². The van der Waals surface area contributed by atoms with Gasteiger partial charge in [-0.05, 0) is 32.0 Å². The summed E-state index contributed by atoms with van der Waals surface area (Å²) in [7, 11) is 0. The number of benzene rings is 1. The summed E-state index contributed by atoms with van der Waals surface area (Å²) in [6, 6.07) is 6.88. The average molecular weight is 304 g/mol. The van der Waals surface area contributed by atoms with Crippen molar-refractivity contribution in [1.82, 2.24) is 13.6 Å². The molecule has 21 heavy (non-hydrogen) atoms. The molecule has 1 N–H and O–H groups in total. The normalized spacial score (nSPS) is 10.2. The number of carbonyl (C=O) groups is 2. The molecule has 0 bridgehead atoms. The van der Waals surface area contributed by atoms with E-state index in [1.165, 1.54) is 6.20 Å². The molecule has 1 aromatic carbocycles. The Hall–Kier alpha value is -2.28. The third-order valence-corrected chi connectivity index (χ3v) is 3.49. The van der Waals surface area contributed by atoms with Gasteiger partial charge in [0.1, 0.15) is 0 Å². The van der Waals surface area contributed by atoms with E-state index in [-0.39, 0.29) is 17.5 Å². The lowest BCUT2D eigenvalue weighted by atomic mass is 10.1. The van der Waals surface area contributed by atoms with Gasteiger partial charge in [-0.15, -0.1) is 0 Å². The van der Waals surface area contributed by atoms with Crippen LogP contribution in [-0.2, 0) is 0 Å². The molecule has 0 radical (unpaired) electrons. The van der Waals surface area contributed by atoms with Gasteiger partial charge < -0.3 is 10.2 Å². The maximum atomic E-state index is 12.3. The fourth-order valence-corrected chi connectivity index (χ4v) is 2.30. The number of nitrogens with one attached hydrogen (secondary N) is 1. The quantitative estimate of drug-likeness (QED) is 0.919. The highest BCUT2D eigenvalue weighted by Gasteiger charge is 2.14. The summed E-state index contributed by atoms with van der Waals surface area (Å²) in [6.07, 6.45) is 1.41. The Kier molecular flexibility index (Phi) is 4.99. The molecule has 0 saturated carbocycles. The third-order valence-electron chi connectivity index (χ3n) is 3.01. The van der Waals surface area contributed by atoms with Crippen molar-refractivity contribution in [2.75, 3.05) is 18.4 Å². The van der Waals surface area contributed by atoms with Crippen molar-refractivity contribution in [1.29, 1.82) is 0 Å². The molecule has 2 rings (SSSR count). The number of carbonyl (C=O) groups excluding carboxylic acids is 2. The second-order valence-electron chi connectivity index (χ2n) is 4.31. The number of anilines is 1. The third kappa shape index (κ3) is 3.63. The van der Waals surface area contributed by atoms with Crippen LogP contribution in [-0.4, -0.2) is 38.6 Å². The molecular formula is C14H16N4O2S. The first kappa shape index (κ1) is 15.1. The monoisotopic (exact) mass is 304 g/mol. The molecule has 0 spiro atoms. The van der Waals surface area contributed by atoms with Crippen LogP contribution in [0.4, 0.5) is 5.69 Å². The van der Waals surface area contributed by atoms with Crippen LogP contribution in [0.1, 0.15) is 34.7 Å². The van der Waals surface area contributed by atoms with Gasteiger partial charge in [0, 0.05) is 24.3 Å². The Morgan fingerprint density at radius 1 is 1.29 bits per heavy atom. The Bertz CT molecular complexity index is 624. The van der Waals surface area contributed by atoms with Gasteiger partial charge in [0.25, 0.3) is 11.8 Å². The minimum atomic E-state index is -0.337. The minimum absolute atomic E-state index is 0.0496. The van der Waals surface area contributed by atoms with Gasteiger partial charge in [-0.1, -0.05) is 6.07 Å². The molecule has 2 amide bonds. The Labute approximate surface area is 127 Å². The van der Waals surface area contributed by atoms with Crippen molar-refractivity contribution >= 4 is 29.2 Å². The molecule has 0 unspecified atom stereocenters. The number of nitrogens with zero attached hydrogens (tertiary/aromatic N) is 3. The van der Waals surface area contributed by atoms with Gasteiger partial charge in [0.2, 0.25) is 0 Å². The molecule has 0 aliphatic heterocycles. The van der Waals surface area contributed by atoms with Crippen LogP contribution >= 0.6 is 11.7 Å². The van der Waals surface area contributed by atoms with Crippen LogP contribution < -0.4 is 5.32 Å². The summed E-state index contributed by atoms with van der Waals surface area (Å²) in [5.74, 6) is -0.386. The van der Waals surface area contributed by atoms with E-state index in [2.05, 4.69) is 14.1 Å². The highest BCUT2D eigenvalue weighted by molar-refractivity contribution is 6.99. The largest absolute Gasteiger partial charge is 0.339 e. The van der Waals surface area contributed by atoms with E-state index in [0.29, 0.717) is 24.3 Å². The van der Waals surface area contributed by atoms with Crippen molar-refractivity contribution in [3.8, 4) is 0 Å². The van der Waals surface area contributed by atoms with Crippen molar-refractivity contribution in [3.05, 3.63) is 41.7 Å². The predicted molar refractivity (Wildman–Crippen MR) is 81.6 cm³/mol. The Balaban J connectivity index is 2.14. The Morgan fingerprint density at radius 2 is 2.05 bits per heavy atom. The van der Waals surface area contributed by atoms with Gasteiger partial charge >= 0.3 is 0 Å². The molecule has 1 aromatic heterocycles. The lowest BCUT2D eigenvalue weighted by Crippen LogP contribution is -2.30. The highest BCUT2D eigenvalue weighted by atomic mass is 32.1. The maximum absolute atomic E-state index is 12.3. The van der Waals surface area contributed by atoms with Gasteiger partial charge in [-0.25, -0.2) is 0 Å². The first-order valence-corrected chi connectivity index (χ1v) is 7.37. The van der Waals surface area contributed by atoms with E-state index < -0.39 is 0 Å². The van der Waals surface area contributed by atoms with Crippen molar-refractivity contribution < 1.29 is 9.59 Å². The molecule has 7 heteroatoms. The van der Waals surface area contributed by atoms with Gasteiger partial charge in [0.05, 0.1) is 17.9 Å². The fraction of sp³-hybridized carbons (Fsp3) is 0.286.